The maximum Gasteiger partial charge on any atom is 0.245 e. The molecule has 0 bridgehead atoms. The van der Waals surface area contributed by atoms with Crippen LogP contribution in [0, 0.1) is 5.82 Å². The quantitative estimate of drug-likeness (QED) is 0.347. The van der Waals surface area contributed by atoms with E-state index in [-0.39, 0.29) is 40.7 Å². The van der Waals surface area contributed by atoms with Crippen molar-refractivity contribution < 1.29 is 26.8 Å². The molecular weight excluding hydrogens is 530 g/mol. The summed E-state index contributed by atoms with van der Waals surface area (Å²) in [6.07, 6.45) is 2.63. The summed E-state index contributed by atoms with van der Waals surface area (Å²) in [6, 6.07) is 13.3. The minimum absolute atomic E-state index is 0.00273. The van der Waals surface area contributed by atoms with Crippen LogP contribution in [0.1, 0.15) is 24.2 Å². The molecule has 11 heteroatoms. The van der Waals surface area contributed by atoms with Crippen LogP contribution >= 0.6 is 23.2 Å². The van der Waals surface area contributed by atoms with Gasteiger partial charge in [0.25, 0.3) is 0 Å². The third-order valence-corrected chi connectivity index (χ3v) is 8.35. The monoisotopic (exact) mass is 554 g/mol. The van der Waals surface area contributed by atoms with Crippen LogP contribution in [0.5, 0.6) is 0 Å². The van der Waals surface area contributed by atoms with Crippen LogP contribution in [0.4, 0.5) is 4.39 Å². The van der Waals surface area contributed by atoms with Gasteiger partial charge in [0, 0.05) is 24.7 Å². The minimum Gasteiger partial charge on any atom is -0.467 e. The van der Waals surface area contributed by atoms with Gasteiger partial charge in [-0.15, -0.1) is 0 Å². The first-order chi connectivity index (χ1) is 17.2. The number of ether oxygens (including phenoxy) is 1. The molecule has 0 N–H and O–H groups in total. The molecule has 3 aromatic rings. The van der Waals surface area contributed by atoms with Crippen molar-refractivity contribution in [2.45, 2.75) is 36.9 Å². The predicted molar refractivity (Wildman–Crippen MR) is 134 cm³/mol. The standard InChI is InChI=1S/C25H25Cl2FN2O5S/c26-19-7-10-23(27)24(13-19)36(32,33)30(16-22-4-2-12-35-22)17-25(31)29(15-21-3-1-11-34-21)14-18-5-8-20(28)9-6-18/h1,3,5-11,13,22H,2,4,12,14-17H2. The number of hydrogen-bond acceptors (Lipinski definition) is 5. The summed E-state index contributed by atoms with van der Waals surface area (Å²) in [4.78, 5) is 14.8. The molecule has 1 atom stereocenters. The second-order valence-corrected chi connectivity index (χ2v) is 11.2. The highest BCUT2D eigenvalue weighted by atomic mass is 35.5. The molecule has 0 spiro atoms. The first-order valence-electron chi connectivity index (χ1n) is 11.3. The average Bonchev–Trinajstić information content (AvgIpc) is 3.55. The lowest BCUT2D eigenvalue weighted by atomic mass is 10.2. The van der Waals surface area contributed by atoms with Gasteiger partial charge < -0.3 is 14.1 Å². The van der Waals surface area contributed by atoms with Crippen molar-refractivity contribution in [2.24, 2.45) is 0 Å². The van der Waals surface area contributed by atoms with Gasteiger partial charge in [-0.3, -0.25) is 4.79 Å². The normalized spacial score (nSPS) is 15.9. The second kappa shape index (κ2) is 11.7. The lowest BCUT2D eigenvalue weighted by Crippen LogP contribution is -2.45. The third kappa shape index (κ3) is 6.66. The van der Waals surface area contributed by atoms with E-state index >= 15 is 0 Å². The molecule has 0 radical (unpaired) electrons. The molecule has 1 unspecified atom stereocenters. The fraction of sp³-hybridized carbons (Fsp3) is 0.320. The fourth-order valence-electron chi connectivity index (χ4n) is 3.96. The van der Waals surface area contributed by atoms with Crippen LogP contribution in [0.3, 0.4) is 0 Å². The summed E-state index contributed by atoms with van der Waals surface area (Å²) in [6.45, 7) is 0.301. The van der Waals surface area contributed by atoms with Gasteiger partial charge in [0.15, 0.2) is 0 Å². The van der Waals surface area contributed by atoms with E-state index in [4.69, 9.17) is 32.4 Å². The Morgan fingerprint density at radius 1 is 1.08 bits per heavy atom. The molecule has 4 rings (SSSR count). The van der Waals surface area contributed by atoms with E-state index in [1.165, 1.54) is 41.5 Å². The largest absolute Gasteiger partial charge is 0.467 e. The smallest absolute Gasteiger partial charge is 0.245 e. The SMILES string of the molecule is O=C(CN(CC1CCCO1)S(=O)(=O)c1cc(Cl)ccc1Cl)N(Cc1ccc(F)cc1)Cc1ccco1. The summed E-state index contributed by atoms with van der Waals surface area (Å²) in [5.74, 6) is -0.331. The van der Waals surface area contributed by atoms with Crippen molar-refractivity contribution in [3.05, 3.63) is 88.0 Å². The van der Waals surface area contributed by atoms with E-state index in [0.29, 0.717) is 24.4 Å². The Balaban J connectivity index is 1.62. The van der Waals surface area contributed by atoms with Crippen molar-refractivity contribution in [3.63, 3.8) is 0 Å². The van der Waals surface area contributed by atoms with Gasteiger partial charge in [0.1, 0.15) is 16.5 Å². The topological polar surface area (TPSA) is 80.1 Å². The zero-order valence-corrected chi connectivity index (χ0v) is 21.6. The third-order valence-electron chi connectivity index (χ3n) is 5.82. The van der Waals surface area contributed by atoms with Gasteiger partial charge in [-0.2, -0.15) is 4.31 Å². The number of sulfonamides is 1. The van der Waals surface area contributed by atoms with Crippen LogP contribution < -0.4 is 0 Å². The number of rotatable bonds is 10. The van der Waals surface area contributed by atoms with Crippen molar-refractivity contribution in [2.75, 3.05) is 19.7 Å². The number of amides is 1. The zero-order valence-electron chi connectivity index (χ0n) is 19.3. The van der Waals surface area contributed by atoms with Crippen molar-refractivity contribution in [1.82, 2.24) is 9.21 Å². The van der Waals surface area contributed by atoms with E-state index in [1.54, 1.807) is 24.3 Å². The van der Waals surface area contributed by atoms with E-state index in [1.807, 2.05) is 0 Å². The number of furan rings is 1. The van der Waals surface area contributed by atoms with E-state index in [9.17, 15) is 17.6 Å². The van der Waals surface area contributed by atoms with Crippen LogP contribution in [0.25, 0.3) is 0 Å². The second-order valence-electron chi connectivity index (χ2n) is 8.46. The van der Waals surface area contributed by atoms with E-state index < -0.39 is 28.3 Å². The Kier molecular flexibility index (Phi) is 8.69. The highest BCUT2D eigenvalue weighted by molar-refractivity contribution is 7.89. The molecule has 1 fully saturated rings. The number of nitrogens with zero attached hydrogens (tertiary/aromatic N) is 2. The first-order valence-corrected chi connectivity index (χ1v) is 13.5. The maximum absolute atomic E-state index is 13.7. The Morgan fingerprint density at radius 3 is 2.53 bits per heavy atom. The molecular formula is C25H25Cl2FN2O5S. The molecule has 1 aliphatic rings. The summed E-state index contributed by atoms with van der Waals surface area (Å²) in [7, 11) is -4.19. The maximum atomic E-state index is 13.7. The zero-order chi connectivity index (χ0) is 25.7. The lowest BCUT2D eigenvalue weighted by molar-refractivity contribution is -0.133. The number of hydrogen-bond donors (Lipinski definition) is 0. The first kappa shape index (κ1) is 26.6. The van der Waals surface area contributed by atoms with Crippen LogP contribution in [0.15, 0.2) is 70.2 Å². The summed E-state index contributed by atoms with van der Waals surface area (Å²) >= 11 is 12.3. The molecule has 192 valence electrons. The number of benzene rings is 2. The highest BCUT2D eigenvalue weighted by Crippen LogP contribution is 2.29. The minimum atomic E-state index is -4.19. The number of carbonyl (C=O) groups excluding carboxylic acids is 1. The van der Waals surface area contributed by atoms with Crippen LogP contribution in [0.2, 0.25) is 10.0 Å². The van der Waals surface area contributed by atoms with Crippen LogP contribution in [-0.2, 0) is 32.6 Å². The van der Waals surface area contributed by atoms with Crippen LogP contribution in [-0.4, -0.2) is 49.3 Å². The van der Waals surface area contributed by atoms with Crippen molar-refractivity contribution in [3.8, 4) is 0 Å². The Hall–Kier alpha value is -2.43. The Morgan fingerprint density at radius 2 is 1.86 bits per heavy atom. The average molecular weight is 555 g/mol. The Labute approximate surface area is 219 Å². The predicted octanol–water partition coefficient (Wildman–Crippen LogP) is 5.12. The molecule has 0 aliphatic carbocycles. The van der Waals surface area contributed by atoms with Gasteiger partial charge in [0.05, 0.1) is 30.5 Å². The van der Waals surface area contributed by atoms with E-state index in [2.05, 4.69) is 0 Å². The number of carbonyl (C=O) groups is 1. The summed E-state index contributed by atoms with van der Waals surface area (Å²) < 4.78 is 52.9. The molecule has 2 heterocycles. The molecule has 0 saturated carbocycles. The molecule has 36 heavy (non-hydrogen) atoms. The summed E-state index contributed by atoms with van der Waals surface area (Å²) in [5.41, 5.74) is 0.683. The van der Waals surface area contributed by atoms with Gasteiger partial charge in [-0.05, 0) is 60.9 Å². The van der Waals surface area contributed by atoms with Gasteiger partial charge in [-0.1, -0.05) is 35.3 Å². The molecule has 1 aliphatic heterocycles. The van der Waals surface area contributed by atoms with Gasteiger partial charge >= 0.3 is 0 Å². The van der Waals surface area contributed by atoms with Gasteiger partial charge in [-0.25, -0.2) is 12.8 Å². The molecule has 7 nitrogen and oxygen atoms in total. The lowest BCUT2D eigenvalue weighted by Gasteiger charge is -2.28. The fourth-order valence-corrected chi connectivity index (χ4v) is 6.12. The Bertz CT molecular complexity index is 1280. The number of halogens is 3. The molecule has 2 aromatic carbocycles. The van der Waals surface area contributed by atoms with Crippen molar-refractivity contribution in [1.29, 1.82) is 0 Å². The highest BCUT2D eigenvalue weighted by Gasteiger charge is 2.33. The van der Waals surface area contributed by atoms with Gasteiger partial charge in [0.2, 0.25) is 15.9 Å². The van der Waals surface area contributed by atoms with E-state index in [0.717, 1.165) is 10.7 Å². The molecule has 1 amide bonds. The molecule has 1 aromatic heterocycles. The molecule has 1 saturated heterocycles. The summed E-state index contributed by atoms with van der Waals surface area (Å²) in [5, 5.41) is 0.208. The van der Waals surface area contributed by atoms with Crippen molar-refractivity contribution >= 4 is 39.1 Å².